The number of ether oxygens (including phenoxy) is 7. The fourth-order valence-corrected chi connectivity index (χ4v) is 8.25. The van der Waals surface area contributed by atoms with Gasteiger partial charge in [0.2, 0.25) is 35.4 Å². The average Bonchev–Trinajstić information content (AvgIpc) is 3.28. The minimum Gasteiger partial charge on any atom is -0.504 e. The number of carbonyl (C=O) groups is 6. The van der Waals surface area contributed by atoms with Crippen molar-refractivity contribution in [2.24, 2.45) is 0 Å². The molecule has 0 aromatic heterocycles. The molecule has 7 atom stereocenters. The number of aromatic hydroxyl groups is 11. The van der Waals surface area contributed by atoms with Crippen LogP contribution in [-0.4, -0.2) is 156 Å². The van der Waals surface area contributed by atoms with Crippen LogP contribution < -0.4 is 4.74 Å². The molecule has 14 N–H and O–H groups in total. The number of aliphatic hydroxyl groups is 3. The Balaban J connectivity index is 1.30. The number of benzene rings is 4. The molecule has 0 amide bonds. The van der Waals surface area contributed by atoms with Crippen molar-refractivity contribution in [1.29, 1.82) is 0 Å². The first-order valence-electron chi connectivity index (χ1n) is 19.1. The maximum atomic E-state index is 14.6. The number of hydrogen-bond acceptors (Lipinski definition) is 27. The lowest BCUT2D eigenvalue weighted by Gasteiger charge is -2.49. The van der Waals surface area contributed by atoms with Gasteiger partial charge in [-0.2, -0.15) is 0 Å². The highest BCUT2D eigenvalue weighted by molar-refractivity contribution is 6.10. The third kappa shape index (κ3) is 6.21. The van der Waals surface area contributed by atoms with E-state index in [2.05, 4.69) is 0 Å². The summed E-state index contributed by atoms with van der Waals surface area (Å²) in [6.45, 7) is -1.31. The van der Waals surface area contributed by atoms with E-state index in [1.54, 1.807) is 0 Å². The lowest BCUT2D eigenvalue weighted by atomic mass is 9.70. The summed E-state index contributed by atoms with van der Waals surface area (Å²) in [6.07, 6.45) is -12.1. The zero-order valence-corrected chi connectivity index (χ0v) is 33.2. The number of fused-ring (bicyclic) bond motifs is 4. The monoisotopic (exact) mass is 952 g/mol. The number of carbonyl (C=O) groups excluding carboxylic acids is 6. The highest BCUT2D eigenvalue weighted by Crippen LogP contribution is 2.59. The molecule has 1 fully saturated rings. The first-order valence-corrected chi connectivity index (χ1v) is 19.1. The molecular weight excluding hydrogens is 924 g/mol. The van der Waals surface area contributed by atoms with E-state index in [0.717, 1.165) is 0 Å². The van der Waals surface area contributed by atoms with E-state index in [0.29, 0.717) is 30.3 Å². The molecule has 0 radical (unpaired) electrons. The van der Waals surface area contributed by atoms with Crippen LogP contribution in [0.5, 0.6) is 69.0 Å². The molecule has 6 bridgehead atoms. The van der Waals surface area contributed by atoms with E-state index in [1.807, 2.05) is 0 Å². The smallest absolute Gasteiger partial charge is 0.340 e. The van der Waals surface area contributed by atoms with Gasteiger partial charge in [0.25, 0.3) is 5.79 Å². The second-order valence-corrected chi connectivity index (χ2v) is 15.5. The molecule has 0 unspecified atom stereocenters. The fraction of sp³-hybridized carbons (Fsp3) is 0.220. The normalized spacial score (nSPS) is 25.7. The van der Waals surface area contributed by atoms with E-state index >= 15 is 0 Å². The van der Waals surface area contributed by atoms with Gasteiger partial charge in [-0.3, -0.25) is 4.79 Å². The number of esters is 5. The molecule has 4 aromatic rings. The molecule has 4 aromatic carbocycles. The number of phenolic OH excluding ortho intramolecular Hbond substituents is 11. The van der Waals surface area contributed by atoms with Crippen LogP contribution in [0, 0.1) is 0 Å². The predicted molar refractivity (Wildman–Crippen MR) is 204 cm³/mol. The third-order valence-electron chi connectivity index (χ3n) is 11.5. The average molecular weight is 953 g/mol. The van der Waals surface area contributed by atoms with Crippen molar-refractivity contribution in [3.05, 3.63) is 69.8 Å². The van der Waals surface area contributed by atoms with Gasteiger partial charge in [-0.1, -0.05) is 0 Å². The molecule has 1 aliphatic carbocycles. The van der Waals surface area contributed by atoms with Gasteiger partial charge in [-0.05, 0) is 36.4 Å². The zero-order chi connectivity index (χ0) is 49.4. The summed E-state index contributed by atoms with van der Waals surface area (Å²) < 4.78 is 38.9. The van der Waals surface area contributed by atoms with Crippen molar-refractivity contribution in [1.82, 2.24) is 0 Å². The highest BCUT2D eigenvalue weighted by Gasteiger charge is 2.70. The Morgan fingerprint density at radius 3 is 1.68 bits per heavy atom. The topological polar surface area (TPSA) is 450 Å². The number of cyclic esters (lactones) is 1. The van der Waals surface area contributed by atoms with Gasteiger partial charge in [0.1, 0.15) is 12.7 Å². The maximum Gasteiger partial charge on any atom is 0.340 e. The fourth-order valence-electron chi connectivity index (χ4n) is 8.25. The van der Waals surface area contributed by atoms with Gasteiger partial charge < -0.3 is 105 Å². The van der Waals surface area contributed by atoms with Crippen LogP contribution in [0.2, 0.25) is 0 Å². The molecule has 68 heavy (non-hydrogen) atoms. The van der Waals surface area contributed by atoms with Crippen molar-refractivity contribution in [3.63, 3.8) is 0 Å². The molecule has 4 aliphatic heterocycles. The lowest BCUT2D eigenvalue weighted by molar-refractivity contribution is -0.339. The van der Waals surface area contributed by atoms with E-state index in [1.165, 1.54) is 0 Å². The summed E-state index contributed by atoms with van der Waals surface area (Å²) >= 11 is 0. The summed E-state index contributed by atoms with van der Waals surface area (Å²) in [7, 11) is 0. The van der Waals surface area contributed by atoms with Gasteiger partial charge in [0.15, 0.2) is 64.0 Å². The lowest BCUT2D eigenvalue weighted by Crippen LogP contribution is -2.70. The molecular formula is C41H28O27. The Morgan fingerprint density at radius 2 is 1.07 bits per heavy atom. The molecule has 0 spiro atoms. The van der Waals surface area contributed by atoms with Crippen LogP contribution in [0.4, 0.5) is 0 Å². The first-order chi connectivity index (χ1) is 31.9. The summed E-state index contributed by atoms with van der Waals surface area (Å²) in [4.78, 5) is 84.8. The second-order valence-electron chi connectivity index (χ2n) is 15.5. The Hall–Kier alpha value is -8.92. The summed E-state index contributed by atoms with van der Waals surface area (Å²) in [5, 5.41) is 150. The SMILES string of the molecule is O=C1O[C@H]2[C@@H]3OC(=O)c4cc(O)c(O)c(O)c4-c4c(cc(O)c(O)c4O)C(=O)OC[C@H]2O[C@@H](OC(=O)c2cc(O)c(O)c(O)c2)[C@@H]3OC(=O)c2cc(O)c(O)c3c2[C@H]2C1=CC(=O)[C@@](O)(O3)C2(O)O. The molecule has 4 heterocycles. The summed E-state index contributed by atoms with van der Waals surface area (Å²) in [5.41, 5.74) is -8.48. The van der Waals surface area contributed by atoms with E-state index in [4.69, 9.17) is 33.2 Å². The Labute approximate surface area is 373 Å². The maximum absolute atomic E-state index is 14.6. The second kappa shape index (κ2) is 14.8. The quantitative estimate of drug-likeness (QED) is 0.0491. The van der Waals surface area contributed by atoms with Gasteiger partial charge in [-0.15, -0.1) is 0 Å². The molecule has 27 heteroatoms. The highest BCUT2D eigenvalue weighted by atomic mass is 16.8. The molecule has 27 nitrogen and oxygen atoms in total. The van der Waals surface area contributed by atoms with Crippen LogP contribution in [0.15, 0.2) is 42.0 Å². The minimum absolute atomic E-state index is 0.264. The largest absolute Gasteiger partial charge is 0.504 e. The standard InChI is InChI=1S/C41H28O27/c42-13-1-8(2-14(43)24(13)48)34(54)67-39-33-32-30(64-38(58)12-6-19(47)41(61)40(59,60)23(12)22-11(37(57)66-33)5-17(46)27(51)31(22)68-41)18(63-39)7-62-35(55)9-3-15(44)25(49)28(52)20(9)21-10(36(56)65-32)4-16(45)26(50)29(21)53/h1-6,18,23,30,32-33,39,42-46,48-53,59-61H,7H2/t18-,23-,30-,32+,33-,39+,41-/m1/s1. The van der Waals surface area contributed by atoms with Crippen molar-refractivity contribution in [2.75, 3.05) is 6.61 Å². The molecule has 9 rings (SSSR count). The van der Waals surface area contributed by atoms with Crippen LogP contribution in [0.3, 0.4) is 0 Å². The molecule has 0 saturated carbocycles. The number of rotatable bonds is 2. The Morgan fingerprint density at radius 1 is 0.574 bits per heavy atom. The van der Waals surface area contributed by atoms with Crippen LogP contribution >= 0.6 is 0 Å². The van der Waals surface area contributed by atoms with Gasteiger partial charge >= 0.3 is 35.6 Å². The zero-order valence-electron chi connectivity index (χ0n) is 33.2. The Kier molecular flexibility index (Phi) is 9.64. The predicted octanol–water partition coefficient (Wildman–Crippen LogP) is -1.10. The summed E-state index contributed by atoms with van der Waals surface area (Å²) in [6, 6.07) is 2.32. The van der Waals surface area contributed by atoms with E-state index in [9.17, 15) is 100 Å². The van der Waals surface area contributed by atoms with Crippen molar-refractivity contribution >= 4 is 35.6 Å². The number of hydrogen-bond donors (Lipinski definition) is 14. The summed E-state index contributed by atoms with van der Waals surface area (Å²) in [5.74, 6) is -36.5. The Bertz CT molecular complexity index is 3020. The third-order valence-corrected chi connectivity index (χ3v) is 11.5. The van der Waals surface area contributed by atoms with Crippen molar-refractivity contribution in [2.45, 2.75) is 48.2 Å². The van der Waals surface area contributed by atoms with E-state index < -0.39 is 204 Å². The molecule has 1 saturated heterocycles. The van der Waals surface area contributed by atoms with Gasteiger partial charge in [-0.25, -0.2) is 24.0 Å². The molecule has 354 valence electrons. The van der Waals surface area contributed by atoms with Crippen LogP contribution in [0.1, 0.15) is 52.9 Å². The van der Waals surface area contributed by atoms with Crippen molar-refractivity contribution in [3.8, 4) is 80.1 Å². The first kappa shape index (κ1) is 44.3. The molecule has 5 aliphatic rings. The van der Waals surface area contributed by atoms with Crippen molar-refractivity contribution < 1.29 is 133 Å². The van der Waals surface area contributed by atoms with Gasteiger partial charge in [0, 0.05) is 16.7 Å². The van der Waals surface area contributed by atoms with Gasteiger partial charge in [0.05, 0.1) is 33.7 Å². The number of phenols is 11. The van der Waals surface area contributed by atoms with E-state index in [-0.39, 0.29) is 6.08 Å². The van der Waals surface area contributed by atoms with Crippen LogP contribution in [0.25, 0.3) is 11.1 Å². The van der Waals surface area contributed by atoms with Crippen LogP contribution in [-0.2, 0) is 38.0 Å². The minimum atomic E-state index is -3.98. The number of ketones is 1.